The number of carbonyl (C=O) groups is 1. The summed E-state index contributed by atoms with van der Waals surface area (Å²) >= 11 is 0. The minimum Gasteiger partial charge on any atom is -0.384 e. The fraction of sp³-hybridized carbons (Fsp3) is 0.583. The van der Waals surface area contributed by atoms with Crippen molar-refractivity contribution in [3.8, 4) is 0 Å². The van der Waals surface area contributed by atoms with Crippen LogP contribution in [0.3, 0.4) is 0 Å². The molecule has 0 aromatic carbocycles. The summed E-state index contributed by atoms with van der Waals surface area (Å²) in [5.41, 5.74) is 11.9. The van der Waals surface area contributed by atoms with E-state index < -0.39 is 0 Å². The molecule has 0 saturated carbocycles. The van der Waals surface area contributed by atoms with Gasteiger partial charge in [-0.15, -0.1) is 0 Å². The summed E-state index contributed by atoms with van der Waals surface area (Å²) in [6, 6.07) is 1.74. The number of carbonyl (C=O) groups excluding carboxylic acids is 1. The molecule has 18 heavy (non-hydrogen) atoms. The van der Waals surface area contributed by atoms with Gasteiger partial charge in [0.25, 0.3) is 0 Å². The zero-order valence-electron chi connectivity index (χ0n) is 10.6. The number of nitrogen functional groups attached to an aromatic ring is 1. The Balaban J connectivity index is 2.02. The maximum absolute atomic E-state index is 11.2. The number of hydrogen-bond donors (Lipinski definition) is 2. The van der Waals surface area contributed by atoms with Gasteiger partial charge in [-0.25, -0.2) is 9.97 Å². The van der Waals surface area contributed by atoms with Crippen LogP contribution in [0.15, 0.2) is 6.07 Å². The van der Waals surface area contributed by atoms with Gasteiger partial charge in [0.1, 0.15) is 11.6 Å². The number of amides is 1. The molecule has 0 spiro atoms. The summed E-state index contributed by atoms with van der Waals surface area (Å²) in [5.74, 6) is 0.920. The Morgan fingerprint density at radius 1 is 1.56 bits per heavy atom. The molecule has 0 aliphatic carbocycles. The average Bonchev–Trinajstić information content (AvgIpc) is 2.27. The van der Waals surface area contributed by atoms with Gasteiger partial charge < -0.3 is 11.5 Å². The van der Waals surface area contributed by atoms with Crippen molar-refractivity contribution < 1.29 is 4.79 Å². The summed E-state index contributed by atoms with van der Waals surface area (Å²) in [5, 5.41) is 0. The third-order valence-corrected chi connectivity index (χ3v) is 3.19. The Morgan fingerprint density at radius 2 is 2.33 bits per heavy atom. The Labute approximate surface area is 106 Å². The van der Waals surface area contributed by atoms with E-state index >= 15 is 0 Å². The van der Waals surface area contributed by atoms with Gasteiger partial charge in [0, 0.05) is 18.3 Å². The van der Waals surface area contributed by atoms with Crippen LogP contribution in [0.25, 0.3) is 0 Å². The molecule has 1 aromatic rings. The standard InChI is InChI=1S/C12H19N5O/c1-8-5-10(13)16-11(15-8)7-17-4-2-3-9(6-17)12(14)18/h5,9H,2-4,6-7H2,1H3,(H2,14,18)(H2,13,15,16). The summed E-state index contributed by atoms with van der Waals surface area (Å²) in [6.45, 7) is 4.15. The van der Waals surface area contributed by atoms with Gasteiger partial charge in [-0.05, 0) is 26.3 Å². The number of piperidine rings is 1. The van der Waals surface area contributed by atoms with Crippen LogP contribution in [0.2, 0.25) is 0 Å². The zero-order chi connectivity index (χ0) is 13.1. The van der Waals surface area contributed by atoms with E-state index in [9.17, 15) is 4.79 Å². The van der Waals surface area contributed by atoms with E-state index in [2.05, 4.69) is 14.9 Å². The van der Waals surface area contributed by atoms with Crippen LogP contribution >= 0.6 is 0 Å². The molecule has 1 aliphatic heterocycles. The van der Waals surface area contributed by atoms with Crippen LogP contribution in [0.4, 0.5) is 5.82 Å². The molecule has 1 atom stereocenters. The Morgan fingerprint density at radius 3 is 3.00 bits per heavy atom. The fourth-order valence-electron chi connectivity index (χ4n) is 2.36. The number of aromatic nitrogens is 2. The summed E-state index contributed by atoms with van der Waals surface area (Å²) in [7, 11) is 0. The van der Waals surface area contributed by atoms with E-state index in [4.69, 9.17) is 11.5 Å². The van der Waals surface area contributed by atoms with Gasteiger partial charge in [-0.2, -0.15) is 0 Å². The molecule has 1 saturated heterocycles. The second kappa shape index (κ2) is 5.30. The van der Waals surface area contributed by atoms with E-state index in [0.29, 0.717) is 24.7 Å². The van der Waals surface area contributed by atoms with Crippen LogP contribution in [0.1, 0.15) is 24.4 Å². The lowest BCUT2D eigenvalue weighted by atomic mass is 9.97. The van der Waals surface area contributed by atoms with Gasteiger partial charge in [-0.3, -0.25) is 9.69 Å². The minimum atomic E-state index is -0.218. The zero-order valence-corrected chi connectivity index (χ0v) is 10.6. The van der Waals surface area contributed by atoms with Crippen LogP contribution in [-0.4, -0.2) is 33.9 Å². The SMILES string of the molecule is Cc1cc(N)nc(CN2CCCC(C(N)=O)C2)n1. The maximum Gasteiger partial charge on any atom is 0.221 e. The van der Waals surface area contributed by atoms with E-state index in [0.717, 1.165) is 25.1 Å². The lowest BCUT2D eigenvalue weighted by Crippen LogP contribution is -2.41. The predicted molar refractivity (Wildman–Crippen MR) is 68.4 cm³/mol. The largest absolute Gasteiger partial charge is 0.384 e. The molecule has 6 nitrogen and oxygen atoms in total. The van der Waals surface area contributed by atoms with E-state index in [-0.39, 0.29) is 11.8 Å². The first-order valence-electron chi connectivity index (χ1n) is 6.16. The van der Waals surface area contributed by atoms with Gasteiger partial charge >= 0.3 is 0 Å². The van der Waals surface area contributed by atoms with Crippen LogP contribution in [-0.2, 0) is 11.3 Å². The van der Waals surface area contributed by atoms with E-state index in [1.54, 1.807) is 6.07 Å². The average molecular weight is 249 g/mol. The number of anilines is 1. The molecule has 1 unspecified atom stereocenters. The Bertz CT molecular complexity index is 428. The van der Waals surface area contributed by atoms with Crippen molar-refractivity contribution in [1.82, 2.24) is 14.9 Å². The van der Waals surface area contributed by atoms with Crippen LogP contribution in [0, 0.1) is 12.8 Å². The molecular weight excluding hydrogens is 230 g/mol. The van der Waals surface area contributed by atoms with Gasteiger partial charge in [-0.1, -0.05) is 0 Å². The molecular formula is C12H19N5O. The highest BCUT2D eigenvalue weighted by Crippen LogP contribution is 2.17. The number of primary amides is 1. The highest BCUT2D eigenvalue weighted by atomic mass is 16.1. The Hall–Kier alpha value is -1.69. The van der Waals surface area contributed by atoms with Gasteiger partial charge in [0.2, 0.25) is 5.91 Å². The number of hydrogen-bond acceptors (Lipinski definition) is 5. The fourth-order valence-corrected chi connectivity index (χ4v) is 2.36. The lowest BCUT2D eigenvalue weighted by molar-refractivity contribution is -0.123. The minimum absolute atomic E-state index is 0.0547. The summed E-state index contributed by atoms with van der Waals surface area (Å²) < 4.78 is 0. The molecule has 6 heteroatoms. The Kier molecular flexibility index (Phi) is 3.76. The van der Waals surface area contributed by atoms with Crippen LogP contribution in [0.5, 0.6) is 0 Å². The molecule has 2 rings (SSSR count). The summed E-state index contributed by atoms with van der Waals surface area (Å²) in [6.07, 6.45) is 1.86. The third-order valence-electron chi connectivity index (χ3n) is 3.19. The van der Waals surface area contributed by atoms with Crippen molar-refractivity contribution in [2.45, 2.75) is 26.3 Å². The van der Waals surface area contributed by atoms with Crippen molar-refractivity contribution in [2.75, 3.05) is 18.8 Å². The number of aryl methyl sites for hydroxylation is 1. The molecule has 2 heterocycles. The molecule has 1 aromatic heterocycles. The number of nitrogens with two attached hydrogens (primary N) is 2. The third kappa shape index (κ3) is 3.16. The monoisotopic (exact) mass is 249 g/mol. The number of rotatable bonds is 3. The van der Waals surface area contributed by atoms with Crippen molar-refractivity contribution in [3.05, 3.63) is 17.6 Å². The van der Waals surface area contributed by atoms with Gasteiger partial charge in [0.15, 0.2) is 0 Å². The lowest BCUT2D eigenvalue weighted by Gasteiger charge is -2.30. The van der Waals surface area contributed by atoms with E-state index in [1.807, 2.05) is 6.92 Å². The summed E-state index contributed by atoms with van der Waals surface area (Å²) in [4.78, 5) is 21.9. The second-order valence-corrected chi connectivity index (χ2v) is 4.83. The highest BCUT2D eigenvalue weighted by molar-refractivity contribution is 5.76. The first kappa shape index (κ1) is 12.8. The molecule has 4 N–H and O–H groups in total. The first-order chi connectivity index (χ1) is 8.54. The normalized spacial score (nSPS) is 20.8. The number of likely N-dealkylation sites (tertiary alicyclic amines) is 1. The van der Waals surface area contributed by atoms with Crippen molar-refractivity contribution >= 4 is 11.7 Å². The molecule has 1 aliphatic rings. The van der Waals surface area contributed by atoms with Crippen molar-refractivity contribution in [2.24, 2.45) is 11.7 Å². The molecule has 0 radical (unpaired) electrons. The van der Waals surface area contributed by atoms with Crippen molar-refractivity contribution in [3.63, 3.8) is 0 Å². The van der Waals surface area contributed by atoms with Crippen molar-refractivity contribution in [1.29, 1.82) is 0 Å². The second-order valence-electron chi connectivity index (χ2n) is 4.83. The first-order valence-corrected chi connectivity index (χ1v) is 6.16. The molecule has 1 fully saturated rings. The predicted octanol–water partition coefficient (Wildman–Crippen LogP) is 0.0645. The molecule has 98 valence electrons. The highest BCUT2D eigenvalue weighted by Gasteiger charge is 2.24. The van der Waals surface area contributed by atoms with Gasteiger partial charge in [0.05, 0.1) is 12.5 Å². The van der Waals surface area contributed by atoms with E-state index in [1.165, 1.54) is 0 Å². The number of nitrogens with zero attached hydrogens (tertiary/aromatic N) is 3. The molecule has 1 amide bonds. The quantitative estimate of drug-likeness (QED) is 0.789. The maximum atomic E-state index is 11.2. The van der Waals surface area contributed by atoms with Crippen LogP contribution < -0.4 is 11.5 Å². The topological polar surface area (TPSA) is 98.1 Å². The smallest absolute Gasteiger partial charge is 0.221 e. The molecule has 0 bridgehead atoms.